The van der Waals surface area contributed by atoms with Crippen molar-refractivity contribution in [2.24, 2.45) is 0 Å². The molecule has 2 rings (SSSR count). The minimum atomic E-state index is -0.530. The first kappa shape index (κ1) is 17.3. The smallest absolute Gasteiger partial charge is 0.339 e. The zero-order valence-electron chi connectivity index (χ0n) is 13.7. The van der Waals surface area contributed by atoms with Crippen LogP contribution in [0.1, 0.15) is 15.9 Å². The van der Waals surface area contributed by atoms with Crippen molar-refractivity contribution < 1.29 is 23.8 Å². The van der Waals surface area contributed by atoms with Crippen molar-refractivity contribution in [3.63, 3.8) is 0 Å². The van der Waals surface area contributed by atoms with E-state index in [-0.39, 0.29) is 0 Å². The zero-order chi connectivity index (χ0) is 17.5. The summed E-state index contributed by atoms with van der Waals surface area (Å²) < 4.78 is 14.9. The maximum atomic E-state index is 12.4. The Balaban J connectivity index is 2.72. The van der Waals surface area contributed by atoms with Gasteiger partial charge in [0.15, 0.2) is 0 Å². The van der Waals surface area contributed by atoms with E-state index in [1.165, 1.54) is 33.5 Å². The summed E-state index contributed by atoms with van der Waals surface area (Å²) in [6, 6.07) is 13.0. The topological polar surface area (TPSA) is 61.8 Å². The minimum absolute atomic E-state index is 0.322. The monoisotopic (exact) mass is 326 g/mol. The average molecular weight is 326 g/mol. The maximum Gasteiger partial charge on any atom is 0.339 e. The van der Waals surface area contributed by atoms with E-state index in [1.54, 1.807) is 12.1 Å². The molecule has 0 aliphatic heterocycles. The summed E-state index contributed by atoms with van der Waals surface area (Å²) >= 11 is 0. The van der Waals surface area contributed by atoms with Crippen LogP contribution in [0.15, 0.2) is 48.5 Å². The molecule has 0 aliphatic rings. The molecular formula is C19H18O5. The lowest BCUT2D eigenvalue weighted by Crippen LogP contribution is -2.08. The third-order valence-corrected chi connectivity index (χ3v) is 3.49. The number of hydrogen-bond acceptors (Lipinski definition) is 5. The lowest BCUT2D eigenvalue weighted by Gasteiger charge is -2.15. The largest absolute Gasteiger partial charge is 0.496 e. The van der Waals surface area contributed by atoms with Crippen LogP contribution in [-0.4, -0.2) is 33.3 Å². The molecule has 0 unspecified atom stereocenters. The highest BCUT2D eigenvalue weighted by molar-refractivity contribution is 6.03. The van der Waals surface area contributed by atoms with Crippen LogP contribution in [-0.2, 0) is 14.3 Å². The van der Waals surface area contributed by atoms with Gasteiger partial charge < -0.3 is 14.2 Å². The molecular weight excluding hydrogens is 308 g/mol. The Labute approximate surface area is 140 Å². The fourth-order valence-electron chi connectivity index (χ4n) is 2.34. The van der Waals surface area contributed by atoms with Crippen LogP contribution in [0, 0.1) is 0 Å². The highest BCUT2D eigenvalue weighted by Gasteiger charge is 2.20. The summed E-state index contributed by atoms with van der Waals surface area (Å²) in [5.41, 5.74) is 2.32. The second-order valence-corrected chi connectivity index (χ2v) is 4.82. The first-order valence-corrected chi connectivity index (χ1v) is 7.23. The molecule has 0 bridgehead atoms. The molecule has 5 nitrogen and oxygen atoms in total. The number of carbonyl (C=O) groups is 2. The van der Waals surface area contributed by atoms with Gasteiger partial charge in [0.1, 0.15) is 5.75 Å². The van der Waals surface area contributed by atoms with Gasteiger partial charge in [-0.15, -0.1) is 0 Å². The number of esters is 2. The second kappa shape index (κ2) is 7.97. The predicted molar refractivity (Wildman–Crippen MR) is 90.8 cm³/mol. The molecule has 0 fully saturated rings. The molecule has 0 aromatic heterocycles. The highest BCUT2D eigenvalue weighted by atomic mass is 16.5. The molecule has 0 saturated heterocycles. The van der Waals surface area contributed by atoms with E-state index in [9.17, 15) is 9.59 Å². The van der Waals surface area contributed by atoms with Gasteiger partial charge >= 0.3 is 11.9 Å². The summed E-state index contributed by atoms with van der Waals surface area (Å²) in [6.45, 7) is 0. The molecule has 0 radical (unpaired) electrons. The maximum absolute atomic E-state index is 12.4. The molecule has 0 saturated carbocycles. The predicted octanol–water partition coefficient (Wildman–Crippen LogP) is 3.34. The quantitative estimate of drug-likeness (QED) is 0.623. The van der Waals surface area contributed by atoms with Crippen molar-refractivity contribution >= 4 is 18.0 Å². The Bertz CT molecular complexity index is 763. The standard InChI is InChI=1S/C19H18O5/c1-22-16-11-9-14(13-7-5-4-6-8-13)18(19(21)24-3)15(16)10-12-17(20)23-2/h4-12H,1-3H3/b12-10+. The van der Waals surface area contributed by atoms with Crippen LogP contribution in [0.2, 0.25) is 0 Å². The van der Waals surface area contributed by atoms with E-state index in [4.69, 9.17) is 9.47 Å². The molecule has 24 heavy (non-hydrogen) atoms. The molecule has 0 N–H and O–H groups in total. The summed E-state index contributed by atoms with van der Waals surface area (Å²) in [5.74, 6) is -0.592. The third-order valence-electron chi connectivity index (χ3n) is 3.49. The normalized spacial score (nSPS) is 10.5. The van der Waals surface area contributed by atoms with Gasteiger partial charge in [-0.3, -0.25) is 0 Å². The molecule has 0 aliphatic carbocycles. The second-order valence-electron chi connectivity index (χ2n) is 4.82. The molecule has 0 heterocycles. The Kier molecular flexibility index (Phi) is 5.73. The van der Waals surface area contributed by atoms with Gasteiger partial charge in [0.25, 0.3) is 0 Å². The van der Waals surface area contributed by atoms with Gasteiger partial charge in [0.2, 0.25) is 0 Å². The van der Waals surface area contributed by atoms with E-state index in [0.717, 1.165) is 5.56 Å². The number of benzene rings is 2. The van der Waals surface area contributed by atoms with Gasteiger partial charge in [0.05, 0.1) is 26.9 Å². The van der Waals surface area contributed by atoms with Crippen molar-refractivity contribution in [3.8, 4) is 16.9 Å². The van der Waals surface area contributed by atoms with Crippen molar-refractivity contribution in [3.05, 3.63) is 59.7 Å². The van der Waals surface area contributed by atoms with E-state index >= 15 is 0 Å². The van der Waals surface area contributed by atoms with Gasteiger partial charge in [0, 0.05) is 11.6 Å². The van der Waals surface area contributed by atoms with Crippen molar-refractivity contribution in [1.82, 2.24) is 0 Å². The molecule has 0 atom stereocenters. The van der Waals surface area contributed by atoms with Crippen molar-refractivity contribution in [1.29, 1.82) is 0 Å². The Morgan fingerprint density at radius 3 is 2.21 bits per heavy atom. The van der Waals surface area contributed by atoms with Gasteiger partial charge in [-0.2, -0.15) is 0 Å². The van der Waals surface area contributed by atoms with Crippen molar-refractivity contribution in [2.45, 2.75) is 0 Å². The molecule has 124 valence electrons. The molecule has 2 aromatic rings. The molecule has 0 amide bonds. The lowest BCUT2D eigenvalue weighted by molar-refractivity contribution is -0.134. The Morgan fingerprint density at radius 1 is 0.917 bits per heavy atom. The van der Waals surface area contributed by atoms with Crippen LogP contribution >= 0.6 is 0 Å². The van der Waals surface area contributed by atoms with Crippen LogP contribution in [0.25, 0.3) is 17.2 Å². The summed E-state index contributed by atoms with van der Waals surface area (Å²) in [7, 11) is 4.09. The van der Waals surface area contributed by atoms with E-state index in [1.807, 2.05) is 30.3 Å². The lowest BCUT2D eigenvalue weighted by atomic mass is 9.94. The Hall–Kier alpha value is -3.08. The van der Waals surface area contributed by atoms with Crippen LogP contribution in [0.3, 0.4) is 0 Å². The van der Waals surface area contributed by atoms with Crippen LogP contribution in [0.4, 0.5) is 0 Å². The fraction of sp³-hybridized carbons (Fsp3) is 0.158. The summed E-state index contributed by atoms with van der Waals surface area (Å²) in [6.07, 6.45) is 2.72. The zero-order valence-corrected chi connectivity index (χ0v) is 13.7. The van der Waals surface area contributed by atoms with Crippen LogP contribution < -0.4 is 4.74 Å². The van der Waals surface area contributed by atoms with Gasteiger partial charge in [-0.05, 0) is 29.3 Å². The van der Waals surface area contributed by atoms with E-state index in [2.05, 4.69) is 4.74 Å². The third kappa shape index (κ3) is 3.63. The SMILES string of the molecule is COC(=O)/C=C/c1c(OC)ccc(-c2ccccc2)c1C(=O)OC. The Morgan fingerprint density at radius 2 is 1.62 bits per heavy atom. The minimum Gasteiger partial charge on any atom is -0.496 e. The first-order valence-electron chi connectivity index (χ1n) is 7.23. The average Bonchev–Trinajstić information content (AvgIpc) is 2.65. The molecule has 0 spiro atoms. The molecule has 2 aromatic carbocycles. The summed E-state index contributed by atoms with van der Waals surface area (Å²) in [5, 5.41) is 0. The fourth-order valence-corrected chi connectivity index (χ4v) is 2.34. The van der Waals surface area contributed by atoms with E-state index in [0.29, 0.717) is 22.4 Å². The first-order chi connectivity index (χ1) is 11.6. The van der Waals surface area contributed by atoms with Gasteiger partial charge in [-0.1, -0.05) is 30.3 Å². The highest BCUT2D eigenvalue weighted by Crippen LogP contribution is 2.33. The number of carbonyl (C=O) groups excluding carboxylic acids is 2. The van der Waals surface area contributed by atoms with Crippen LogP contribution in [0.5, 0.6) is 5.75 Å². The van der Waals surface area contributed by atoms with Gasteiger partial charge in [-0.25, -0.2) is 9.59 Å². The van der Waals surface area contributed by atoms with Crippen molar-refractivity contribution in [2.75, 3.05) is 21.3 Å². The number of methoxy groups -OCH3 is 3. The summed E-state index contributed by atoms with van der Waals surface area (Å²) in [4.78, 5) is 23.8. The number of ether oxygens (including phenoxy) is 3. The number of hydrogen-bond donors (Lipinski definition) is 0. The molecule has 5 heteroatoms. The number of rotatable bonds is 5. The van der Waals surface area contributed by atoms with E-state index < -0.39 is 11.9 Å².